The van der Waals surface area contributed by atoms with E-state index in [2.05, 4.69) is 24.0 Å². The van der Waals surface area contributed by atoms with E-state index in [9.17, 15) is 10.1 Å². The smallest absolute Gasteiger partial charge is 0.255 e. The minimum Gasteiger partial charge on any atom is -0.490 e. The highest BCUT2D eigenvalue weighted by molar-refractivity contribution is 6.00. The lowest BCUT2D eigenvalue weighted by molar-refractivity contribution is 0.0973. The van der Waals surface area contributed by atoms with Gasteiger partial charge < -0.3 is 10.1 Å². The molecule has 0 saturated heterocycles. The van der Waals surface area contributed by atoms with Crippen LogP contribution in [-0.2, 0) is 12.8 Å². The van der Waals surface area contributed by atoms with Gasteiger partial charge in [0.1, 0.15) is 11.8 Å². The Balaban J connectivity index is 1.79. The van der Waals surface area contributed by atoms with Crippen molar-refractivity contribution in [3.8, 4) is 11.8 Å². The van der Waals surface area contributed by atoms with Crippen LogP contribution in [0, 0.1) is 11.3 Å². The molecule has 0 unspecified atom stereocenters. The lowest BCUT2D eigenvalue weighted by Crippen LogP contribution is -2.22. The van der Waals surface area contributed by atoms with Crippen molar-refractivity contribution in [2.75, 3.05) is 0 Å². The van der Waals surface area contributed by atoms with Crippen molar-refractivity contribution in [3.05, 3.63) is 70.8 Å². The van der Waals surface area contributed by atoms with Crippen LogP contribution in [0.5, 0.6) is 5.75 Å². The van der Waals surface area contributed by atoms with E-state index >= 15 is 0 Å². The second kappa shape index (κ2) is 7.45. The number of benzene rings is 2. The molecule has 0 aromatic heterocycles. The van der Waals surface area contributed by atoms with Gasteiger partial charge in [-0.2, -0.15) is 5.26 Å². The first kappa shape index (κ1) is 17.8. The summed E-state index contributed by atoms with van der Waals surface area (Å²) in [6.07, 6.45) is 3.19. The van der Waals surface area contributed by atoms with Crippen LogP contribution in [0.1, 0.15) is 52.9 Å². The largest absolute Gasteiger partial charge is 0.490 e. The van der Waals surface area contributed by atoms with E-state index in [1.807, 2.05) is 26.0 Å². The summed E-state index contributed by atoms with van der Waals surface area (Å²) >= 11 is 0. The Hall–Kier alpha value is -3.06. The third kappa shape index (κ3) is 3.62. The highest BCUT2D eigenvalue weighted by Gasteiger charge is 2.18. The molecule has 1 N–H and O–H groups in total. The van der Waals surface area contributed by atoms with E-state index in [0.29, 0.717) is 22.6 Å². The minimum atomic E-state index is -0.279. The zero-order chi connectivity index (χ0) is 18.7. The van der Waals surface area contributed by atoms with Crippen LogP contribution in [0.3, 0.4) is 0 Å². The number of carbonyl (C=O) groups excluding carboxylic acids is 1. The molecule has 26 heavy (non-hydrogen) atoms. The molecule has 0 fully saturated rings. The molecule has 0 bridgehead atoms. The first-order valence-corrected chi connectivity index (χ1v) is 8.81. The van der Waals surface area contributed by atoms with Crippen molar-refractivity contribution in [1.29, 1.82) is 5.26 Å². The number of amides is 1. The summed E-state index contributed by atoms with van der Waals surface area (Å²) in [5, 5.41) is 12.2. The summed E-state index contributed by atoms with van der Waals surface area (Å²) in [4.78, 5) is 12.6. The van der Waals surface area contributed by atoms with Gasteiger partial charge in [0.15, 0.2) is 0 Å². The molecule has 132 valence electrons. The first-order valence-electron chi connectivity index (χ1n) is 8.81. The molecular weight excluding hydrogens is 324 g/mol. The molecule has 0 heterocycles. The SMILES string of the molecule is C=C(NC(=O)c1ccc(OC(C)C)c(C#N)c1)c1cccc2c1CCC2. The topological polar surface area (TPSA) is 62.1 Å². The number of rotatable bonds is 5. The number of aryl methyl sites for hydroxylation is 1. The second-order valence-corrected chi connectivity index (χ2v) is 6.72. The molecule has 1 amide bonds. The number of hydrogen-bond acceptors (Lipinski definition) is 3. The summed E-state index contributed by atoms with van der Waals surface area (Å²) in [6, 6.07) is 13.1. The Kier molecular flexibility index (Phi) is 5.09. The van der Waals surface area contributed by atoms with Gasteiger partial charge in [-0.1, -0.05) is 24.8 Å². The third-order valence-electron chi connectivity index (χ3n) is 4.46. The standard InChI is InChI=1S/C22H22N2O2/c1-14(2)26-21-11-10-17(12-18(21)13-23)22(25)24-15(3)19-8-4-6-16-7-5-9-20(16)19/h4,6,8,10-12,14H,3,5,7,9H2,1-2H3,(H,24,25). The van der Waals surface area contributed by atoms with Gasteiger partial charge in [-0.25, -0.2) is 0 Å². The van der Waals surface area contributed by atoms with Gasteiger partial charge in [-0.3, -0.25) is 4.79 Å². The highest BCUT2D eigenvalue weighted by atomic mass is 16.5. The van der Waals surface area contributed by atoms with Crippen molar-refractivity contribution in [2.45, 2.75) is 39.2 Å². The predicted octanol–water partition coefficient (Wildman–Crippen LogP) is 4.23. The van der Waals surface area contributed by atoms with Crippen LogP contribution in [-0.4, -0.2) is 12.0 Å². The lowest BCUT2D eigenvalue weighted by atomic mass is 10.0. The molecule has 0 radical (unpaired) electrons. The molecule has 2 aromatic carbocycles. The van der Waals surface area contributed by atoms with Crippen molar-refractivity contribution >= 4 is 11.6 Å². The summed E-state index contributed by atoms with van der Waals surface area (Å²) in [6.45, 7) is 7.83. The molecule has 2 aromatic rings. The van der Waals surface area contributed by atoms with Crippen LogP contribution < -0.4 is 10.1 Å². The van der Waals surface area contributed by atoms with E-state index < -0.39 is 0 Å². The number of nitriles is 1. The second-order valence-electron chi connectivity index (χ2n) is 6.72. The van der Waals surface area contributed by atoms with E-state index in [4.69, 9.17) is 4.74 Å². The normalized spacial score (nSPS) is 12.4. The predicted molar refractivity (Wildman–Crippen MR) is 102 cm³/mol. The molecule has 4 nitrogen and oxygen atoms in total. The van der Waals surface area contributed by atoms with Gasteiger partial charge in [0.25, 0.3) is 5.91 Å². The summed E-state index contributed by atoms with van der Waals surface area (Å²) in [7, 11) is 0. The highest BCUT2D eigenvalue weighted by Crippen LogP contribution is 2.28. The number of fused-ring (bicyclic) bond motifs is 1. The van der Waals surface area contributed by atoms with Crippen LogP contribution >= 0.6 is 0 Å². The number of carbonyl (C=O) groups is 1. The van der Waals surface area contributed by atoms with Gasteiger partial charge in [0, 0.05) is 16.8 Å². The van der Waals surface area contributed by atoms with Crippen molar-refractivity contribution in [3.63, 3.8) is 0 Å². The number of ether oxygens (including phenoxy) is 1. The summed E-state index contributed by atoms with van der Waals surface area (Å²) in [5.74, 6) is 0.206. The Bertz CT molecular complexity index is 907. The van der Waals surface area contributed by atoms with E-state index in [0.717, 1.165) is 24.8 Å². The summed E-state index contributed by atoms with van der Waals surface area (Å²) in [5.41, 5.74) is 4.95. The maximum absolute atomic E-state index is 12.6. The van der Waals surface area contributed by atoms with Gasteiger partial charge in [-0.05, 0) is 62.4 Å². The molecule has 0 spiro atoms. The quantitative estimate of drug-likeness (QED) is 0.881. The monoisotopic (exact) mass is 346 g/mol. The fourth-order valence-electron chi connectivity index (χ4n) is 3.29. The fraction of sp³-hybridized carbons (Fsp3) is 0.273. The average molecular weight is 346 g/mol. The molecule has 4 heteroatoms. The van der Waals surface area contributed by atoms with Gasteiger partial charge in [0.2, 0.25) is 0 Å². The molecule has 1 aliphatic rings. The van der Waals surface area contributed by atoms with E-state index in [1.54, 1.807) is 18.2 Å². The van der Waals surface area contributed by atoms with Gasteiger partial charge >= 0.3 is 0 Å². The molecule has 3 rings (SSSR count). The van der Waals surface area contributed by atoms with Crippen molar-refractivity contribution in [2.24, 2.45) is 0 Å². The zero-order valence-electron chi connectivity index (χ0n) is 15.1. The number of nitrogens with zero attached hydrogens (tertiary/aromatic N) is 1. The van der Waals surface area contributed by atoms with E-state index in [-0.39, 0.29) is 12.0 Å². The third-order valence-corrected chi connectivity index (χ3v) is 4.46. The van der Waals surface area contributed by atoms with Crippen LogP contribution in [0.25, 0.3) is 5.70 Å². The Morgan fingerprint density at radius 1 is 1.27 bits per heavy atom. The Morgan fingerprint density at radius 2 is 2.08 bits per heavy atom. The van der Waals surface area contributed by atoms with Crippen LogP contribution in [0.2, 0.25) is 0 Å². The van der Waals surface area contributed by atoms with Gasteiger partial charge in [0.05, 0.1) is 11.7 Å². The number of nitrogens with one attached hydrogen (secondary N) is 1. The first-order chi connectivity index (χ1) is 12.5. The molecule has 0 aliphatic heterocycles. The zero-order valence-corrected chi connectivity index (χ0v) is 15.1. The molecule has 0 saturated carbocycles. The average Bonchev–Trinajstić information content (AvgIpc) is 3.10. The lowest BCUT2D eigenvalue weighted by Gasteiger charge is -2.14. The number of hydrogen-bond donors (Lipinski definition) is 1. The maximum Gasteiger partial charge on any atom is 0.255 e. The van der Waals surface area contributed by atoms with Crippen molar-refractivity contribution < 1.29 is 9.53 Å². The molecular formula is C22H22N2O2. The maximum atomic E-state index is 12.6. The van der Waals surface area contributed by atoms with Crippen molar-refractivity contribution in [1.82, 2.24) is 5.32 Å². The Morgan fingerprint density at radius 3 is 2.81 bits per heavy atom. The Labute approximate surface area is 154 Å². The molecule has 1 aliphatic carbocycles. The van der Waals surface area contributed by atoms with E-state index in [1.165, 1.54) is 11.1 Å². The molecule has 0 atom stereocenters. The van der Waals surface area contributed by atoms with Crippen LogP contribution in [0.15, 0.2) is 43.0 Å². The fourth-order valence-corrected chi connectivity index (χ4v) is 3.29. The minimum absolute atomic E-state index is 0.0401. The van der Waals surface area contributed by atoms with Crippen LogP contribution in [0.4, 0.5) is 0 Å². The summed E-state index contributed by atoms with van der Waals surface area (Å²) < 4.78 is 5.60. The van der Waals surface area contributed by atoms with Gasteiger partial charge in [-0.15, -0.1) is 0 Å².